The highest BCUT2D eigenvalue weighted by Gasteiger charge is 2.21. The molecule has 3 aromatic rings. The number of aromatic nitrogens is 1. The van der Waals surface area contributed by atoms with E-state index >= 15 is 0 Å². The third kappa shape index (κ3) is 4.04. The Balaban J connectivity index is 1.84. The maximum absolute atomic E-state index is 12.4. The number of rotatable bonds is 4. The van der Waals surface area contributed by atoms with Crippen LogP contribution in [-0.4, -0.2) is 15.8 Å². The standard InChI is InChI=1S/C16H9BrClN3O3S/c17-10-3-1-9(2-4-10)13-8-25-16(19-13)20-15(22)12-7-11(18)5-6-14(12)21(23)24/h1-8H,(H,19,20,22). The third-order valence-electron chi connectivity index (χ3n) is 3.26. The molecule has 0 aliphatic carbocycles. The first-order valence-corrected chi connectivity index (χ1v) is 8.96. The lowest BCUT2D eigenvalue weighted by Crippen LogP contribution is -2.13. The van der Waals surface area contributed by atoms with Gasteiger partial charge in [-0.05, 0) is 24.3 Å². The fraction of sp³-hybridized carbons (Fsp3) is 0. The first-order valence-electron chi connectivity index (χ1n) is 6.91. The number of hydrogen-bond acceptors (Lipinski definition) is 5. The highest BCUT2D eigenvalue weighted by atomic mass is 79.9. The summed E-state index contributed by atoms with van der Waals surface area (Å²) in [5.41, 5.74) is 1.17. The molecule has 0 bridgehead atoms. The summed E-state index contributed by atoms with van der Waals surface area (Å²) in [5, 5.41) is 16.0. The number of thiazole rings is 1. The molecule has 1 aromatic heterocycles. The van der Waals surface area contributed by atoms with Crippen molar-refractivity contribution in [3.63, 3.8) is 0 Å². The highest BCUT2D eigenvalue weighted by molar-refractivity contribution is 9.10. The van der Waals surface area contributed by atoms with Crippen LogP contribution in [0, 0.1) is 10.1 Å². The molecular formula is C16H9BrClN3O3S. The number of hydrogen-bond donors (Lipinski definition) is 1. The van der Waals surface area contributed by atoms with Gasteiger partial charge in [-0.25, -0.2) is 4.98 Å². The van der Waals surface area contributed by atoms with Gasteiger partial charge < -0.3 is 0 Å². The molecule has 1 N–H and O–H groups in total. The summed E-state index contributed by atoms with van der Waals surface area (Å²) in [5.74, 6) is -0.633. The minimum Gasteiger partial charge on any atom is -0.298 e. The van der Waals surface area contributed by atoms with Gasteiger partial charge >= 0.3 is 0 Å². The predicted molar refractivity (Wildman–Crippen MR) is 101 cm³/mol. The van der Waals surface area contributed by atoms with E-state index in [4.69, 9.17) is 11.6 Å². The van der Waals surface area contributed by atoms with Crippen LogP contribution in [0.4, 0.5) is 10.8 Å². The lowest BCUT2D eigenvalue weighted by molar-refractivity contribution is -0.385. The van der Waals surface area contributed by atoms with Crippen molar-refractivity contribution in [2.75, 3.05) is 5.32 Å². The maximum Gasteiger partial charge on any atom is 0.282 e. The zero-order valence-electron chi connectivity index (χ0n) is 12.4. The Hall–Kier alpha value is -2.29. The van der Waals surface area contributed by atoms with Crippen molar-refractivity contribution in [1.82, 2.24) is 4.98 Å². The molecule has 0 saturated carbocycles. The van der Waals surface area contributed by atoms with Gasteiger partial charge in [0.15, 0.2) is 5.13 Å². The van der Waals surface area contributed by atoms with Crippen molar-refractivity contribution in [2.24, 2.45) is 0 Å². The van der Waals surface area contributed by atoms with E-state index in [0.29, 0.717) is 10.8 Å². The second-order valence-electron chi connectivity index (χ2n) is 4.92. The maximum atomic E-state index is 12.4. The van der Waals surface area contributed by atoms with Gasteiger partial charge in [0.05, 0.1) is 10.6 Å². The molecule has 9 heteroatoms. The Morgan fingerprint density at radius 1 is 1.24 bits per heavy atom. The highest BCUT2D eigenvalue weighted by Crippen LogP contribution is 2.28. The quantitative estimate of drug-likeness (QED) is 0.437. The normalized spacial score (nSPS) is 10.5. The van der Waals surface area contributed by atoms with Crippen LogP contribution in [0.25, 0.3) is 11.3 Å². The number of anilines is 1. The monoisotopic (exact) mass is 437 g/mol. The summed E-state index contributed by atoms with van der Waals surface area (Å²) >= 11 is 10.4. The molecule has 0 aliphatic heterocycles. The summed E-state index contributed by atoms with van der Waals surface area (Å²) in [6.07, 6.45) is 0. The summed E-state index contributed by atoms with van der Waals surface area (Å²) < 4.78 is 0.952. The molecule has 1 heterocycles. The molecule has 0 radical (unpaired) electrons. The fourth-order valence-corrected chi connectivity index (χ4v) is 3.25. The Labute approximate surface area is 159 Å². The fourth-order valence-electron chi connectivity index (χ4n) is 2.10. The number of nitro benzene ring substituents is 1. The number of nitrogens with zero attached hydrogens (tertiary/aromatic N) is 2. The van der Waals surface area contributed by atoms with E-state index < -0.39 is 10.8 Å². The van der Waals surface area contributed by atoms with E-state index in [2.05, 4.69) is 26.2 Å². The molecule has 1 amide bonds. The van der Waals surface area contributed by atoms with E-state index in [1.54, 1.807) is 5.38 Å². The van der Waals surface area contributed by atoms with Gasteiger partial charge in [-0.1, -0.05) is 39.7 Å². The van der Waals surface area contributed by atoms with Gasteiger partial charge in [0.1, 0.15) is 5.56 Å². The molecule has 0 atom stereocenters. The number of nitro groups is 1. The van der Waals surface area contributed by atoms with E-state index in [9.17, 15) is 14.9 Å². The van der Waals surface area contributed by atoms with Crippen LogP contribution in [0.1, 0.15) is 10.4 Å². The number of carbonyl (C=O) groups is 1. The van der Waals surface area contributed by atoms with Crippen molar-refractivity contribution in [2.45, 2.75) is 0 Å². The zero-order chi connectivity index (χ0) is 18.0. The van der Waals surface area contributed by atoms with Gasteiger partial charge in [0.2, 0.25) is 0 Å². The van der Waals surface area contributed by atoms with E-state index in [-0.39, 0.29) is 16.3 Å². The van der Waals surface area contributed by atoms with Crippen molar-refractivity contribution in [3.05, 3.63) is 73.0 Å². The number of nitrogens with one attached hydrogen (secondary N) is 1. The Morgan fingerprint density at radius 2 is 1.96 bits per heavy atom. The average molecular weight is 439 g/mol. The van der Waals surface area contributed by atoms with Crippen LogP contribution in [-0.2, 0) is 0 Å². The predicted octanol–water partition coefficient (Wildman–Crippen LogP) is 5.39. The van der Waals surface area contributed by atoms with Gasteiger partial charge in [0.25, 0.3) is 11.6 Å². The van der Waals surface area contributed by atoms with E-state index in [1.807, 2.05) is 24.3 Å². The Morgan fingerprint density at radius 3 is 2.64 bits per heavy atom. The summed E-state index contributed by atoms with van der Waals surface area (Å²) in [6.45, 7) is 0. The molecule has 0 unspecified atom stereocenters. The lowest BCUT2D eigenvalue weighted by Gasteiger charge is -2.03. The van der Waals surface area contributed by atoms with Gasteiger partial charge in [0, 0.05) is 26.5 Å². The van der Waals surface area contributed by atoms with Crippen LogP contribution >= 0.6 is 38.9 Å². The number of halogens is 2. The smallest absolute Gasteiger partial charge is 0.282 e. The van der Waals surface area contributed by atoms with Crippen LogP contribution in [0.3, 0.4) is 0 Å². The third-order valence-corrected chi connectivity index (χ3v) is 4.79. The first kappa shape index (κ1) is 17.5. The minimum atomic E-state index is -0.633. The van der Waals surface area contributed by atoms with Gasteiger partial charge in [-0.3, -0.25) is 20.2 Å². The van der Waals surface area contributed by atoms with Gasteiger partial charge in [-0.15, -0.1) is 11.3 Å². The van der Waals surface area contributed by atoms with E-state index in [0.717, 1.165) is 10.0 Å². The molecule has 0 saturated heterocycles. The summed E-state index contributed by atoms with van der Waals surface area (Å²) in [6, 6.07) is 11.4. The van der Waals surface area contributed by atoms with Crippen LogP contribution in [0.5, 0.6) is 0 Å². The van der Waals surface area contributed by atoms with Crippen LogP contribution in [0.15, 0.2) is 52.3 Å². The topological polar surface area (TPSA) is 85.1 Å². The largest absolute Gasteiger partial charge is 0.298 e. The second-order valence-corrected chi connectivity index (χ2v) is 7.13. The minimum absolute atomic E-state index is 0.113. The van der Waals surface area contributed by atoms with Crippen molar-refractivity contribution in [1.29, 1.82) is 0 Å². The second kappa shape index (κ2) is 7.30. The SMILES string of the molecule is O=C(Nc1nc(-c2ccc(Br)cc2)cs1)c1cc(Cl)ccc1[N+](=O)[O-]. The first-order chi connectivity index (χ1) is 11.9. The Bertz CT molecular complexity index is 960. The van der Waals surface area contributed by atoms with Gasteiger partial charge in [-0.2, -0.15) is 0 Å². The van der Waals surface area contributed by atoms with E-state index in [1.165, 1.54) is 29.5 Å². The lowest BCUT2D eigenvalue weighted by atomic mass is 10.1. The average Bonchev–Trinajstić information content (AvgIpc) is 3.03. The molecule has 0 spiro atoms. The molecule has 3 rings (SSSR count). The molecule has 2 aromatic carbocycles. The summed E-state index contributed by atoms with van der Waals surface area (Å²) in [7, 11) is 0. The summed E-state index contributed by atoms with van der Waals surface area (Å²) in [4.78, 5) is 27.2. The zero-order valence-corrected chi connectivity index (χ0v) is 15.6. The van der Waals surface area contributed by atoms with Crippen molar-refractivity contribution in [3.8, 4) is 11.3 Å². The van der Waals surface area contributed by atoms with Crippen molar-refractivity contribution >= 4 is 55.6 Å². The Kier molecular flexibility index (Phi) is 5.12. The number of benzene rings is 2. The molecule has 25 heavy (non-hydrogen) atoms. The molecule has 6 nitrogen and oxygen atoms in total. The molecule has 0 fully saturated rings. The number of carbonyl (C=O) groups excluding carboxylic acids is 1. The van der Waals surface area contributed by atoms with Crippen LogP contribution < -0.4 is 5.32 Å². The molecule has 126 valence electrons. The van der Waals surface area contributed by atoms with Crippen LogP contribution in [0.2, 0.25) is 5.02 Å². The molecule has 0 aliphatic rings. The van der Waals surface area contributed by atoms with Crippen molar-refractivity contribution < 1.29 is 9.72 Å². The molecular weight excluding hydrogens is 430 g/mol. The number of amides is 1.